The highest BCUT2D eigenvalue weighted by molar-refractivity contribution is 5.08. The summed E-state index contributed by atoms with van der Waals surface area (Å²) in [5.41, 5.74) is 7.62. The normalized spacial score (nSPS) is 27.5. The second-order valence-corrected chi connectivity index (χ2v) is 5.67. The van der Waals surface area contributed by atoms with Gasteiger partial charge in [0.1, 0.15) is 0 Å². The monoisotopic (exact) mass is 249 g/mol. The van der Waals surface area contributed by atoms with Gasteiger partial charge in [-0.1, -0.05) is 19.3 Å². The Bertz CT molecular complexity index is 378. The second kappa shape index (κ2) is 5.41. The van der Waals surface area contributed by atoms with Crippen molar-refractivity contribution in [2.75, 3.05) is 13.2 Å². The lowest BCUT2D eigenvalue weighted by atomic mass is 9.93. The number of ether oxygens (including phenoxy) is 1. The van der Waals surface area contributed by atoms with Crippen molar-refractivity contribution in [3.63, 3.8) is 0 Å². The van der Waals surface area contributed by atoms with Crippen LogP contribution in [0.3, 0.4) is 0 Å². The lowest BCUT2D eigenvalue weighted by molar-refractivity contribution is 0.179. The Hall–Kier alpha value is -0.870. The molecule has 0 spiro atoms. The second-order valence-electron chi connectivity index (χ2n) is 5.67. The molecule has 2 fully saturated rings. The standard InChI is InChI=1S/C14H23N3O/c15-14(11-6-7-18-9-11)13-8-16-10-17(13)12-4-2-1-3-5-12/h8,10-12,14H,1-7,9,15H2. The molecule has 0 bridgehead atoms. The molecule has 18 heavy (non-hydrogen) atoms. The molecular weight excluding hydrogens is 226 g/mol. The van der Waals surface area contributed by atoms with Gasteiger partial charge in [-0.15, -0.1) is 0 Å². The molecule has 1 saturated carbocycles. The summed E-state index contributed by atoms with van der Waals surface area (Å²) >= 11 is 0. The fraction of sp³-hybridized carbons (Fsp3) is 0.786. The van der Waals surface area contributed by atoms with Gasteiger partial charge in [-0.25, -0.2) is 4.98 Å². The first-order valence-electron chi connectivity index (χ1n) is 7.21. The van der Waals surface area contributed by atoms with Crippen LogP contribution in [-0.4, -0.2) is 22.8 Å². The molecule has 1 saturated heterocycles. The number of hydrogen-bond acceptors (Lipinski definition) is 3. The number of nitrogens with two attached hydrogens (primary N) is 1. The third kappa shape index (κ3) is 2.31. The molecule has 2 atom stereocenters. The minimum absolute atomic E-state index is 0.0805. The van der Waals surface area contributed by atoms with Crippen molar-refractivity contribution in [1.29, 1.82) is 0 Å². The molecule has 1 aliphatic heterocycles. The van der Waals surface area contributed by atoms with E-state index in [9.17, 15) is 0 Å². The van der Waals surface area contributed by atoms with Crippen LogP contribution >= 0.6 is 0 Å². The third-order valence-corrected chi connectivity index (χ3v) is 4.48. The zero-order valence-corrected chi connectivity index (χ0v) is 10.9. The number of aromatic nitrogens is 2. The van der Waals surface area contributed by atoms with Crippen LogP contribution < -0.4 is 5.73 Å². The van der Waals surface area contributed by atoms with E-state index in [4.69, 9.17) is 10.5 Å². The van der Waals surface area contributed by atoms with Crippen LogP contribution in [0.2, 0.25) is 0 Å². The van der Waals surface area contributed by atoms with Gasteiger partial charge in [0.05, 0.1) is 24.7 Å². The average Bonchev–Trinajstić information content (AvgIpc) is 3.10. The molecule has 4 heteroatoms. The fourth-order valence-corrected chi connectivity index (χ4v) is 3.31. The average molecular weight is 249 g/mol. The van der Waals surface area contributed by atoms with E-state index in [0.717, 1.165) is 19.6 Å². The van der Waals surface area contributed by atoms with E-state index < -0.39 is 0 Å². The van der Waals surface area contributed by atoms with E-state index in [1.807, 2.05) is 12.5 Å². The molecular formula is C14H23N3O. The molecule has 0 aromatic carbocycles. The number of imidazole rings is 1. The van der Waals surface area contributed by atoms with Gasteiger partial charge < -0.3 is 15.0 Å². The molecule has 2 heterocycles. The van der Waals surface area contributed by atoms with Gasteiger partial charge in [-0.05, 0) is 19.3 Å². The Kier molecular flexibility index (Phi) is 3.66. The Morgan fingerprint density at radius 3 is 2.83 bits per heavy atom. The van der Waals surface area contributed by atoms with E-state index in [-0.39, 0.29) is 6.04 Å². The maximum atomic E-state index is 6.41. The Labute approximate surface area is 109 Å². The summed E-state index contributed by atoms with van der Waals surface area (Å²) in [5.74, 6) is 0.462. The van der Waals surface area contributed by atoms with Crippen molar-refractivity contribution in [1.82, 2.24) is 9.55 Å². The van der Waals surface area contributed by atoms with Crippen molar-refractivity contribution >= 4 is 0 Å². The van der Waals surface area contributed by atoms with Crippen LogP contribution in [-0.2, 0) is 4.74 Å². The van der Waals surface area contributed by atoms with Gasteiger partial charge in [-0.3, -0.25) is 0 Å². The summed E-state index contributed by atoms with van der Waals surface area (Å²) in [5, 5.41) is 0. The first-order valence-corrected chi connectivity index (χ1v) is 7.21. The van der Waals surface area contributed by atoms with E-state index in [2.05, 4.69) is 9.55 Å². The predicted molar refractivity (Wildman–Crippen MR) is 70.2 cm³/mol. The van der Waals surface area contributed by atoms with Gasteiger partial charge >= 0.3 is 0 Å². The van der Waals surface area contributed by atoms with Crippen molar-refractivity contribution in [2.45, 2.75) is 50.6 Å². The van der Waals surface area contributed by atoms with Crippen molar-refractivity contribution in [2.24, 2.45) is 11.7 Å². The van der Waals surface area contributed by atoms with Gasteiger partial charge in [0.2, 0.25) is 0 Å². The van der Waals surface area contributed by atoms with Crippen LogP contribution in [0.25, 0.3) is 0 Å². The first-order chi connectivity index (χ1) is 8.86. The predicted octanol–water partition coefficient (Wildman–Crippen LogP) is 2.42. The number of nitrogens with zero attached hydrogens (tertiary/aromatic N) is 2. The molecule has 0 amide bonds. The maximum absolute atomic E-state index is 6.41. The zero-order chi connectivity index (χ0) is 12.4. The summed E-state index contributed by atoms with van der Waals surface area (Å²) < 4.78 is 7.79. The summed E-state index contributed by atoms with van der Waals surface area (Å²) in [6.45, 7) is 1.66. The van der Waals surface area contributed by atoms with E-state index >= 15 is 0 Å². The molecule has 1 aliphatic carbocycles. The van der Waals surface area contributed by atoms with Crippen LogP contribution in [0.5, 0.6) is 0 Å². The molecule has 2 N–H and O–H groups in total. The molecule has 100 valence electrons. The van der Waals surface area contributed by atoms with Gasteiger partial charge in [-0.2, -0.15) is 0 Å². The Morgan fingerprint density at radius 1 is 1.28 bits per heavy atom. The Balaban J connectivity index is 1.77. The third-order valence-electron chi connectivity index (χ3n) is 4.48. The molecule has 0 radical (unpaired) electrons. The highest BCUT2D eigenvalue weighted by atomic mass is 16.5. The smallest absolute Gasteiger partial charge is 0.0951 e. The highest BCUT2D eigenvalue weighted by Gasteiger charge is 2.28. The number of rotatable bonds is 3. The summed E-state index contributed by atoms with van der Waals surface area (Å²) in [4.78, 5) is 4.33. The first kappa shape index (κ1) is 12.2. The minimum atomic E-state index is 0.0805. The largest absolute Gasteiger partial charge is 0.381 e. The molecule has 3 rings (SSSR count). The van der Waals surface area contributed by atoms with Gasteiger partial charge in [0.25, 0.3) is 0 Å². The SMILES string of the molecule is NC(c1cncn1C1CCCCC1)C1CCOC1. The molecule has 2 unspecified atom stereocenters. The van der Waals surface area contributed by atoms with E-state index in [1.165, 1.54) is 37.8 Å². The van der Waals surface area contributed by atoms with Crippen molar-refractivity contribution in [3.8, 4) is 0 Å². The summed E-state index contributed by atoms with van der Waals surface area (Å²) in [7, 11) is 0. The van der Waals surface area contributed by atoms with Crippen LogP contribution in [0.15, 0.2) is 12.5 Å². The molecule has 1 aromatic heterocycles. The van der Waals surface area contributed by atoms with E-state index in [1.54, 1.807) is 0 Å². The highest BCUT2D eigenvalue weighted by Crippen LogP contribution is 2.33. The van der Waals surface area contributed by atoms with E-state index in [0.29, 0.717) is 12.0 Å². The zero-order valence-electron chi connectivity index (χ0n) is 10.9. The van der Waals surface area contributed by atoms with Crippen LogP contribution in [0, 0.1) is 5.92 Å². The summed E-state index contributed by atoms with van der Waals surface area (Å²) in [6, 6.07) is 0.696. The Morgan fingerprint density at radius 2 is 2.11 bits per heavy atom. The lowest BCUT2D eigenvalue weighted by Crippen LogP contribution is -2.26. The maximum Gasteiger partial charge on any atom is 0.0951 e. The molecule has 1 aromatic rings. The van der Waals surface area contributed by atoms with Gasteiger partial charge in [0.15, 0.2) is 0 Å². The molecule has 4 nitrogen and oxygen atoms in total. The quantitative estimate of drug-likeness (QED) is 0.895. The topological polar surface area (TPSA) is 53.1 Å². The molecule has 2 aliphatic rings. The van der Waals surface area contributed by atoms with Gasteiger partial charge in [0, 0.05) is 24.8 Å². The summed E-state index contributed by atoms with van der Waals surface area (Å²) in [6.07, 6.45) is 11.6. The van der Waals surface area contributed by atoms with Crippen LogP contribution in [0.1, 0.15) is 56.3 Å². The number of hydrogen-bond donors (Lipinski definition) is 1. The lowest BCUT2D eigenvalue weighted by Gasteiger charge is -2.27. The van der Waals surface area contributed by atoms with Crippen molar-refractivity contribution in [3.05, 3.63) is 18.2 Å². The van der Waals surface area contributed by atoms with Crippen LogP contribution in [0.4, 0.5) is 0 Å². The fourth-order valence-electron chi connectivity index (χ4n) is 3.31. The minimum Gasteiger partial charge on any atom is -0.381 e. The van der Waals surface area contributed by atoms with Crippen molar-refractivity contribution < 1.29 is 4.74 Å².